The highest BCUT2D eigenvalue weighted by molar-refractivity contribution is 5.82. The van der Waals surface area contributed by atoms with Gasteiger partial charge >= 0.3 is 12.0 Å². The van der Waals surface area contributed by atoms with Gasteiger partial charge < -0.3 is 20.1 Å². The monoisotopic (exact) mass is 258 g/mol. The van der Waals surface area contributed by atoms with Crippen LogP contribution < -0.4 is 5.32 Å². The number of nitrogens with zero attached hydrogens (tertiary/aromatic N) is 1. The van der Waals surface area contributed by atoms with E-state index in [1.54, 1.807) is 0 Å². The number of rotatable bonds is 4. The lowest BCUT2D eigenvalue weighted by atomic mass is 9.93. The highest BCUT2D eigenvalue weighted by atomic mass is 16.5. The maximum atomic E-state index is 11.9. The molecule has 0 spiro atoms. The highest BCUT2D eigenvalue weighted by Crippen LogP contribution is 2.18. The summed E-state index contributed by atoms with van der Waals surface area (Å²) in [6, 6.07) is -1.14. The molecule has 6 heteroatoms. The summed E-state index contributed by atoms with van der Waals surface area (Å²) in [5.41, 5.74) is 0. The predicted molar refractivity (Wildman–Crippen MR) is 66.4 cm³/mol. The number of amides is 2. The van der Waals surface area contributed by atoms with E-state index in [0.29, 0.717) is 5.92 Å². The van der Waals surface area contributed by atoms with Crippen LogP contribution in [0.3, 0.4) is 0 Å². The van der Waals surface area contributed by atoms with E-state index in [1.807, 2.05) is 6.92 Å². The van der Waals surface area contributed by atoms with E-state index in [9.17, 15) is 9.59 Å². The Hall–Kier alpha value is -1.30. The zero-order chi connectivity index (χ0) is 13.7. The van der Waals surface area contributed by atoms with Gasteiger partial charge in [0.2, 0.25) is 0 Å². The molecule has 0 aromatic rings. The van der Waals surface area contributed by atoms with Crippen LogP contribution in [0.5, 0.6) is 0 Å². The number of aliphatic carboxylic acids is 1. The Balaban J connectivity index is 2.45. The molecule has 0 radical (unpaired) electrons. The third-order valence-corrected chi connectivity index (χ3v) is 3.58. The largest absolute Gasteiger partial charge is 0.480 e. The molecule has 0 aromatic heterocycles. The molecule has 2 N–H and O–H groups in total. The molecule has 2 atom stereocenters. The zero-order valence-corrected chi connectivity index (χ0v) is 11.2. The summed E-state index contributed by atoms with van der Waals surface area (Å²) in [6.07, 6.45) is 1.86. The first-order valence-corrected chi connectivity index (χ1v) is 6.27. The summed E-state index contributed by atoms with van der Waals surface area (Å²) < 4.78 is 5.27. The summed E-state index contributed by atoms with van der Waals surface area (Å²) in [6.45, 7) is 4.90. The quantitative estimate of drug-likeness (QED) is 0.785. The molecule has 1 fully saturated rings. The fourth-order valence-corrected chi connectivity index (χ4v) is 1.97. The van der Waals surface area contributed by atoms with Crippen LogP contribution in [0.25, 0.3) is 0 Å². The summed E-state index contributed by atoms with van der Waals surface area (Å²) >= 11 is 0. The number of nitrogens with one attached hydrogen (secondary N) is 1. The van der Waals surface area contributed by atoms with Crippen LogP contribution >= 0.6 is 0 Å². The van der Waals surface area contributed by atoms with Crippen molar-refractivity contribution in [3.05, 3.63) is 0 Å². The lowest BCUT2D eigenvalue weighted by molar-refractivity contribution is -0.141. The van der Waals surface area contributed by atoms with Gasteiger partial charge in [-0.1, -0.05) is 0 Å². The van der Waals surface area contributed by atoms with Gasteiger partial charge in [-0.3, -0.25) is 0 Å². The summed E-state index contributed by atoms with van der Waals surface area (Å²) in [5.74, 6) is -0.609. The van der Waals surface area contributed by atoms with Gasteiger partial charge in [-0.05, 0) is 32.6 Å². The topological polar surface area (TPSA) is 78.9 Å². The SMILES string of the molecule is CC(NC(=O)N(C)C(C)C(=O)O)C1CCOCC1. The van der Waals surface area contributed by atoms with Crippen molar-refractivity contribution in [3.8, 4) is 0 Å². The van der Waals surface area contributed by atoms with Crippen molar-refractivity contribution >= 4 is 12.0 Å². The first-order valence-electron chi connectivity index (χ1n) is 6.27. The second kappa shape index (κ2) is 6.58. The van der Waals surface area contributed by atoms with Crippen molar-refractivity contribution in [2.75, 3.05) is 20.3 Å². The number of hydrogen-bond acceptors (Lipinski definition) is 3. The normalized spacial score (nSPS) is 19.9. The molecule has 2 amide bonds. The molecule has 1 heterocycles. The minimum Gasteiger partial charge on any atom is -0.480 e. The first-order chi connectivity index (χ1) is 8.43. The molecule has 1 saturated heterocycles. The molecule has 0 aliphatic carbocycles. The van der Waals surface area contributed by atoms with Crippen LogP contribution in [0.2, 0.25) is 0 Å². The van der Waals surface area contributed by atoms with Crippen molar-refractivity contribution in [2.45, 2.75) is 38.8 Å². The number of ether oxygens (including phenoxy) is 1. The van der Waals surface area contributed by atoms with Crippen LogP contribution in [-0.4, -0.2) is 54.4 Å². The van der Waals surface area contributed by atoms with Crippen molar-refractivity contribution < 1.29 is 19.4 Å². The molecule has 2 unspecified atom stereocenters. The Morgan fingerprint density at radius 1 is 1.33 bits per heavy atom. The molecular formula is C12H22N2O4. The fraction of sp³-hybridized carbons (Fsp3) is 0.833. The smallest absolute Gasteiger partial charge is 0.326 e. The Morgan fingerprint density at radius 3 is 2.39 bits per heavy atom. The lowest BCUT2D eigenvalue weighted by Gasteiger charge is -2.30. The Morgan fingerprint density at radius 2 is 1.89 bits per heavy atom. The predicted octanol–water partition coefficient (Wildman–Crippen LogP) is 0.916. The summed E-state index contributed by atoms with van der Waals surface area (Å²) in [4.78, 5) is 23.9. The first kappa shape index (κ1) is 14.8. The maximum absolute atomic E-state index is 11.9. The molecule has 6 nitrogen and oxygen atoms in total. The van der Waals surface area contributed by atoms with E-state index < -0.39 is 12.0 Å². The van der Waals surface area contributed by atoms with Gasteiger partial charge in [0.15, 0.2) is 0 Å². The van der Waals surface area contributed by atoms with Crippen molar-refractivity contribution in [3.63, 3.8) is 0 Å². The standard InChI is InChI=1S/C12H22N2O4/c1-8(10-4-6-18-7-5-10)13-12(17)14(3)9(2)11(15)16/h8-10H,4-7H2,1-3H3,(H,13,17)(H,15,16). The Bertz CT molecular complexity index is 302. The molecule has 104 valence electrons. The minimum atomic E-state index is -1.01. The number of urea groups is 1. The van der Waals surface area contributed by atoms with Crippen molar-refractivity contribution in [1.82, 2.24) is 10.2 Å². The van der Waals surface area contributed by atoms with Gasteiger partial charge in [-0.25, -0.2) is 9.59 Å². The third-order valence-electron chi connectivity index (χ3n) is 3.58. The van der Waals surface area contributed by atoms with Crippen LogP contribution in [0, 0.1) is 5.92 Å². The van der Waals surface area contributed by atoms with Crippen molar-refractivity contribution in [1.29, 1.82) is 0 Å². The minimum absolute atomic E-state index is 0.0323. The van der Waals surface area contributed by atoms with E-state index in [0.717, 1.165) is 26.1 Å². The molecular weight excluding hydrogens is 236 g/mol. The molecule has 18 heavy (non-hydrogen) atoms. The van der Waals surface area contributed by atoms with E-state index in [4.69, 9.17) is 9.84 Å². The third kappa shape index (κ3) is 3.87. The van der Waals surface area contributed by atoms with Gasteiger partial charge in [0.1, 0.15) is 6.04 Å². The highest BCUT2D eigenvalue weighted by Gasteiger charge is 2.26. The number of carbonyl (C=O) groups is 2. The fourth-order valence-electron chi connectivity index (χ4n) is 1.97. The molecule has 1 aliphatic heterocycles. The van der Waals surface area contributed by atoms with Gasteiger partial charge in [-0.15, -0.1) is 0 Å². The number of carboxylic acid groups (broad SMARTS) is 1. The van der Waals surface area contributed by atoms with Crippen LogP contribution in [0.1, 0.15) is 26.7 Å². The maximum Gasteiger partial charge on any atom is 0.326 e. The molecule has 1 rings (SSSR count). The average Bonchev–Trinajstić information content (AvgIpc) is 2.37. The van der Waals surface area contributed by atoms with Crippen LogP contribution in [0.15, 0.2) is 0 Å². The number of hydrogen-bond donors (Lipinski definition) is 2. The van der Waals surface area contributed by atoms with Gasteiger partial charge in [-0.2, -0.15) is 0 Å². The number of likely N-dealkylation sites (N-methyl/N-ethyl adjacent to an activating group) is 1. The van der Waals surface area contributed by atoms with Crippen LogP contribution in [0.4, 0.5) is 4.79 Å². The molecule has 0 aromatic carbocycles. The number of carbonyl (C=O) groups excluding carboxylic acids is 1. The summed E-state index contributed by atoms with van der Waals surface area (Å²) in [5, 5.41) is 11.7. The zero-order valence-electron chi connectivity index (χ0n) is 11.2. The average molecular weight is 258 g/mol. The summed E-state index contributed by atoms with van der Waals surface area (Å²) in [7, 11) is 1.49. The van der Waals surface area contributed by atoms with E-state index in [-0.39, 0.29) is 12.1 Å². The second-order valence-corrected chi connectivity index (χ2v) is 4.81. The van der Waals surface area contributed by atoms with Gasteiger partial charge in [0.25, 0.3) is 0 Å². The van der Waals surface area contributed by atoms with E-state index >= 15 is 0 Å². The second-order valence-electron chi connectivity index (χ2n) is 4.81. The van der Waals surface area contributed by atoms with Gasteiger partial charge in [0, 0.05) is 26.3 Å². The molecule has 1 aliphatic rings. The molecule has 0 saturated carbocycles. The van der Waals surface area contributed by atoms with Gasteiger partial charge in [0.05, 0.1) is 0 Å². The van der Waals surface area contributed by atoms with Crippen molar-refractivity contribution in [2.24, 2.45) is 5.92 Å². The van der Waals surface area contributed by atoms with Crippen LogP contribution in [-0.2, 0) is 9.53 Å². The van der Waals surface area contributed by atoms with E-state index in [2.05, 4.69) is 5.32 Å². The molecule has 0 bridgehead atoms. The Labute approximate surface area is 107 Å². The lowest BCUT2D eigenvalue weighted by Crippen LogP contribution is -2.50. The van der Waals surface area contributed by atoms with E-state index in [1.165, 1.54) is 18.9 Å². The Kier molecular flexibility index (Phi) is 5.40. The number of carboxylic acids is 1.